The second-order valence-corrected chi connectivity index (χ2v) is 7.92. The molecule has 0 spiro atoms. The number of thiocarbonyl (C=S) groups is 1. The lowest BCUT2D eigenvalue weighted by Gasteiger charge is -2.22. The smallest absolute Gasteiger partial charge is 0.167 e. The summed E-state index contributed by atoms with van der Waals surface area (Å²) in [7, 11) is 4.13. The maximum absolute atomic E-state index is 5.52. The van der Waals surface area contributed by atoms with Crippen molar-refractivity contribution in [2.45, 2.75) is 25.3 Å². The van der Waals surface area contributed by atoms with Crippen LogP contribution in [-0.4, -0.2) is 37.2 Å². The summed E-state index contributed by atoms with van der Waals surface area (Å²) in [5.41, 5.74) is 4.31. The Kier molecular flexibility index (Phi) is 5.87. The topological polar surface area (TPSA) is 27.3 Å². The predicted molar refractivity (Wildman–Crippen MR) is 107 cm³/mol. The van der Waals surface area contributed by atoms with Crippen LogP contribution in [0.3, 0.4) is 0 Å². The molecule has 1 aromatic carbocycles. The monoisotopic (exact) mass is 359 g/mol. The lowest BCUT2D eigenvalue weighted by atomic mass is 10.00. The van der Waals surface area contributed by atoms with Crippen LogP contribution in [0.2, 0.25) is 0 Å². The first kappa shape index (κ1) is 17.4. The van der Waals surface area contributed by atoms with E-state index in [1.807, 2.05) is 0 Å². The summed E-state index contributed by atoms with van der Waals surface area (Å²) >= 11 is 7.29. The van der Waals surface area contributed by atoms with E-state index in [2.05, 4.69) is 65.3 Å². The van der Waals surface area contributed by atoms with Gasteiger partial charge in [0.2, 0.25) is 0 Å². The van der Waals surface area contributed by atoms with Crippen molar-refractivity contribution in [2.24, 2.45) is 0 Å². The Bertz CT molecular complexity index is 680. The van der Waals surface area contributed by atoms with Gasteiger partial charge in [0.05, 0.1) is 6.04 Å². The first-order chi connectivity index (χ1) is 11.6. The molecule has 1 aromatic heterocycles. The van der Waals surface area contributed by atoms with Gasteiger partial charge in [-0.3, -0.25) is 0 Å². The summed E-state index contributed by atoms with van der Waals surface area (Å²) in [5.74, 6) is 0. The van der Waals surface area contributed by atoms with E-state index in [0.717, 1.165) is 18.2 Å². The Morgan fingerprint density at radius 1 is 1.25 bits per heavy atom. The quantitative estimate of drug-likeness (QED) is 0.774. The third kappa shape index (κ3) is 4.35. The molecule has 3 rings (SSSR count). The van der Waals surface area contributed by atoms with Crippen molar-refractivity contribution < 1.29 is 0 Å². The van der Waals surface area contributed by atoms with Gasteiger partial charge in [-0.15, -0.1) is 11.3 Å². The van der Waals surface area contributed by atoms with Crippen LogP contribution in [0.5, 0.6) is 0 Å². The summed E-state index contributed by atoms with van der Waals surface area (Å²) in [5, 5.41) is 9.67. The number of likely N-dealkylation sites (N-methyl/N-ethyl adjacent to an activating group) is 1. The van der Waals surface area contributed by atoms with Crippen LogP contribution in [0.4, 0.5) is 0 Å². The summed E-state index contributed by atoms with van der Waals surface area (Å²) in [6, 6.07) is 11.3. The highest BCUT2D eigenvalue weighted by Gasteiger charge is 2.19. The molecule has 3 nitrogen and oxygen atoms in total. The van der Waals surface area contributed by atoms with E-state index in [1.165, 1.54) is 40.8 Å². The fourth-order valence-electron chi connectivity index (χ4n) is 3.12. The molecule has 2 aromatic rings. The molecule has 24 heavy (non-hydrogen) atoms. The van der Waals surface area contributed by atoms with Crippen molar-refractivity contribution >= 4 is 28.7 Å². The second-order valence-electron chi connectivity index (χ2n) is 6.53. The highest BCUT2D eigenvalue weighted by Crippen LogP contribution is 2.30. The van der Waals surface area contributed by atoms with Crippen molar-refractivity contribution in [1.29, 1.82) is 0 Å². The molecule has 128 valence electrons. The maximum atomic E-state index is 5.52. The van der Waals surface area contributed by atoms with E-state index >= 15 is 0 Å². The fraction of sp³-hybridized carbons (Fsp3) is 0.421. The number of aryl methyl sites for hydroxylation is 2. The number of nitrogens with one attached hydrogen (secondary N) is 2. The summed E-state index contributed by atoms with van der Waals surface area (Å²) in [6.07, 6.45) is 3.70. The fourth-order valence-corrected chi connectivity index (χ4v) is 4.14. The Hall–Kier alpha value is -1.43. The van der Waals surface area contributed by atoms with Crippen LogP contribution in [-0.2, 0) is 12.8 Å². The van der Waals surface area contributed by atoms with E-state index in [4.69, 9.17) is 12.2 Å². The Morgan fingerprint density at radius 3 is 2.83 bits per heavy atom. The number of hydrogen-bond acceptors (Lipinski definition) is 3. The van der Waals surface area contributed by atoms with Gasteiger partial charge in [0.25, 0.3) is 0 Å². The largest absolute Gasteiger partial charge is 0.361 e. The van der Waals surface area contributed by atoms with Gasteiger partial charge in [-0.1, -0.05) is 24.3 Å². The summed E-state index contributed by atoms with van der Waals surface area (Å²) < 4.78 is 0. The van der Waals surface area contributed by atoms with Crippen molar-refractivity contribution in [3.63, 3.8) is 0 Å². The molecule has 0 unspecified atom stereocenters. The van der Waals surface area contributed by atoms with Crippen LogP contribution in [0, 0.1) is 0 Å². The van der Waals surface area contributed by atoms with Gasteiger partial charge in [-0.25, -0.2) is 0 Å². The Morgan fingerprint density at radius 2 is 2.08 bits per heavy atom. The molecule has 1 aliphatic rings. The zero-order valence-electron chi connectivity index (χ0n) is 14.3. The molecular weight excluding hydrogens is 334 g/mol. The van der Waals surface area contributed by atoms with Crippen LogP contribution >= 0.6 is 23.6 Å². The maximum Gasteiger partial charge on any atom is 0.167 e. The third-order valence-corrected chi connectivity index (χ3v) is 5.60. The highest BCUT2D eigenvalue weighted by molar-refractivity contribution is 7.80. The average Bonchev–Trinajstić information content (AvgIpc) is 3.23. The van der Waals surface area contributed by atoms with Crippen molar-refractivity contribution in [3.8, 4) is 0 Å². The van der Waals surface area contributed by atoms with Gasteiger partial charge in [0.15, 0.2) is 5.11 Å². The first-order valence-electron chi connectivity index (χ1n) is 8.47. The van der Waals surface area contributed by atoms with E-state index < -0.39 is 0 Å². The molecule has 0 aliphatic heterocycles. The molecule has 0 fully saturated rings. The molecule has 0 bridgehead atoms. The van der Waals surface area contributed by atoms with Crippen LogP contribution in [0.1, 0.15) is 34.0 Å². The van der Waals surface area contributed by atoms with Gasteiger partial charge in [0, 0.05) is 18.0 Å². The van der Waals surface area contributed by atoms with Crippen LogP contribution in [0.25, 0.3) is 0 Å². The molecule has 0 radical (unpaired) electrons. The van der Waals surface area contributed by atoms with Crippen LogP contribution < -0.4 is 10.6 Å². The van der Waals surface area contributed by atoms with Gasteiger partial charge in [-0.2, -0.15) is 0 Å². The van der Waals surface area contributed by atoms with Gasteiger partial charge in [0.1, 0.15) is 0 Å². The van der Waals surface area contributed by atoms with Crippen molar-refractivity contribution in [3.05, 3.63) is 57.3 Å². The first-order valence-corrected chi connectivity index (χ1v) is 9.76. The lowest BCUT2D eigenvalue weighted by Crippen LogP contribution is -2.40. The van der Waals surface area contributed by atoms with Crippen molar-refractivity contribution in [1.82, 2.24) is 15.5 Å². The predicted octanol–water partition coefficient (Wildman–Crippen LogP) is 3.35. The standard InChI is InChI=1S/C19H25N3S2/c1-22(2)11-10-20-19(23)21-18(17-7-4-12-24-17)16-9-8-14-5-3-6-15(14)13-16/h4,7-9,12-13,18H,3,5-6,10-11H2,1-2H3,(H2,20,21,23)/t18-/m1/s1. The van der Waals surface area contributed by atoms with E-state index in [9.17, 15) is 0 Å². The van der Waals surface area contributed by atoms with E-state index in [0.29, 0.717) is 0 Å². The molecular formula is C19H25N3S2. The average molecular weight is 360 g/mol. The van der Waals surface area contributed by atoms with E-state index in [-0.39, 0.29) is 6.04 Å². The highest BCUT2D eigenvalue weighted by atomic mass is 32.1. The van der Waals surface area contributed by atoms with E-state index in [1.54, 1.807) is 11.3 Å². The zero-order valence-corrected chi connectivity index (χ0v) is 16.0. The van der Waals surface area contributed by atoms with Gasteiger partial charge in [-0.05, 0) is 73.7 Å². The molecule has 1 aliphatic carbocycles. The number of fused-ring (bicyclic) bond motifs is 1. The zero-order chi connectivity index (χ0) is 16.9. The minimum absolute atomic E-state index is 0.121. The molecule has 0 saturated carbocycles. The third-order valence-electron chi connectivity index (χ3n) is 4.40. The minimum atomic E-state index is 0.121. The molecule has 0 saturated heterocycles. The molecule has 1 atom stereocenters. The summed E-state index contributed by atoms with van der Waals surface area (Å²) in [4.78, 5) is 3.44. The number of rotatable bonds is 6. The SMILES string of the molecule is CN(C)CCNC(=S)N[C@H](c1ccc2c(c1)CCC2)c1cccs1. The van der Waals surface area contributed by atoms with Crippen LogP contribution in [0.15, 0.2) is 35.7 Å². The number of benzene rings is 1. The van der Waals surface area contributed by atoms with Gasteiger partial charge >= 0.3 is 0 Å². The molecule has 0 amide bonds. The molecule has 2 N–H and O–H groups in total. The second kappa shape index (κ2) is 8.10. The minimum Gasteiger partial charge on any atom is -0.361 e. The molecule has 5 heteroatoms. The normalized spacial score (nSPS) is 14.5. The van der Waals surface area contributed by atoms with Gasteiger partial charge < -0.3 is 15.5 Å². The lowest BCUT2D eigenvalue weighted by molar-refractivity contribution is 0.412. The number of nitrogens with zero attached hydrogens (tertiary/aromatic N) is 1. The number of hydrogen-bond donors (Lipinski definition) is 2. The Balaban J connectivity index is 1.74. The summed E-state index contributed by atoms with van der Waals surface area (Å²) in [6.45, 7) is 1.81. The number of thiophene rings is 1. The van der Waals surface area contributed by atoms with Crippen molar-refractivity contribution in [2.75, 3.05) is 27.2 Å². The molecule has 1 heterocycles. The Labute approximate surface area is 154 Å².